The van der Waals surface area contributed by atoms with Gasteiger partial charge in [-0.3, -0.25) is 9.69 Å². The molecule has 2 N–H and O–H groups in total. The highest BCUT2D eigenvalue weighted by molar-refractivity contribution is 5.76. The summed E-state index contributed by atoms with van der Waals surface area (Å²) < 4.78 is 30.5. The highest BCUT2D eigenvalue weighted by Crippen LogP contribution is 2.46. The number of fused-ring (bicyclic) bond motifs is 1. The normalized spacial score (nSPS) is 22.6. The standard InChI is InChI=1S/C29H37F2N5O2/c30-29(31,13-2-1-5-22-11-10-19-4-3-14-32-26(19)34-22)21-12-15-36(17-21)25(28(37)38)23-16-33-27(20-8-9-20)35-24(23)18-6-7-18/h10-11,16,18,20-21,25H,1-9,12-15,17H2,(H,32,34)(H,37,38)/t21-,25?/m1/s1. The second-order valence-corrected chi connectivity index (χ2v) is 11.6. The van der Waals surface area contributed by atoms with Crippen molar-refractivity contribution >= 4 is 11.8 Å². The van der Waals surface area contributed by atoms with E-state index in [2.05, 4.69) is 21.4 Å². The first-order valence-corrected chi connectivity index (χ1v) is 14.3. The maximum atomic E-state index is 15.3. The van der Waals surface area contributed by atoms with Crippen LogP contribution in [0.5, 0.6) is 0 Å². The molecular formula is C29H37F2N5O2. The van der Waals surface area contributed by atoms with Crippen LogP contribution in [-0.2, 0) is 17.6 Å². The number of aryl methyl sites for hydroxylation is 2. The lowest BCUT2D eigenvalue weighted by molar-refractivity contribution is -0.143. The SMILES string of the molecule is O=C(O)C(c1cnc(C2CC2)nc1C1CC1)N1CC[C@@H](C(F)(F)CCCCc2ccc3c(n2)NCCC3)C1. The number of aromatic nitrogens is 3. The monoisotopic (exact) mass is 525 g/mol. The largest absolute Gasteiger partial charge is 0.480 e. The van der Waals surface area contributed by atoms with E-state index in [0.717, 1.165) is 68.1 Å². The smallest absolute Gasteiger partial charge is 0.325 e. The van der Waals surface area contributed by atoms with Gasteiger partial charge in [-0.2, -0.15) is 0 Å². The number of rotatable bonds is 11. The number of anilines is 1. The molecule has 0 spiro atoms. The van der Waals surface area contributed by atoms with Gasteiger partial charge in [0.1, 0.15) is 17.7 Å². The van der Waals surface area contributed by atoms with Crippen LogP contribution in [0.4, 0.5) is 14.6 Å². The minimum Gasteiger partial charge on any atom is -0.480 e. The van der Waals surface area contributed by atoms with Crippen LogP contribution in [0.3, 0.4) is 0 Å². The van der Waals surface area contributed by atoms with Crippen LogP contribution >= 0.6 is 0 Å². The number of pyridine rings is 1. The van der Waals surface area contributed by atoms with Crippen LogP contribution in [0.25, 0.3) is 0 Å². The summed E-state index contributed by atoms with van der Waals surface area (Å²) in [5.41, 5.74) is 3.60. The minimum atomic E-state index is -2.83. The Labute approximate surface area is 222 Å². The number of hydrogen-bond acceptors (Lipinski definition) is 6. The third-order valence-electron chi connectivity index (χ3n) is 8.63. The van der Waals surface area contributed by atoms with E-state index in [1.807, 2.05) is 6.07 Å². The van der Waals surface area contributed by atoms with Gasteiger partial charge in [0.05, 0.1) is 5.69 Å². The molecule has 1 unspecified atom stereocenters. The fraction of sp³-hybridized carbons (Fsp3) is 0.655. The summed E-state index contributed by atoms with van der Waals surface area (Å²) in [5.74, 6) is -2.26. The molecule has 2 aromatic rings. The van der Waals surface area contributed by atoms with Gasteiger partial charge in [-0.15, -0.1) is 0 Å². The first kappa shape index (κ1) is 25.6. The molecular weight excluding hydrogens is 488 g/mol. The van der Waals surface area contributed by atoms with Crippen molar-refractivity contribution in [3.05, 3.63) is 46.7 Å². The molecule has 2 saturated carbocycles. The van der Waals surface area contributed by atoms with Gasteiger partial charge in [0.2, 0.25) is 0 Å². The Hall–Kier alpha value is -2.68. The van der Waals surface area contributed by atoms with E-state index in [-0.39, 0.29) is 18.9 Å². The Kier molecular flexibility index (Phi) is 7.05. The zero-order valence-corrected chi connectivity index (χ0v) is 21.8. The van der Waals surface area contributed by atoms with Gasteiger partial charge in [-0.05, 0) is 82.4 Å². The predicted molar refractivity (Wildman–Crippen MR) is 140 cm³/mol. The Morgan fingerprint density at radius 3 is 2.71 bits per heavy atom. The quantitative estimate of drug-likeness (QED) is 0.376. The highest BCUT2D eigenvalue weighted by Gasteiger charge is 2.46. The molecule has 6 rings (SSSR count). The number of carbonyl (C=O) groups is 1. The van der Waals surface area contributed by atoms with Gasteiger partial charge in [0, 0.05) is 54.7 Å². The molecule has 2 aliphatic heterocycles. The first-order chi connectivity index (χ1) is 18.4. The summed E-state index contributed by atoms with van der Waals surface area (Å²) >= 11 is 0. The summed E-state index contributed by atoms with van der Waals surface area (Å²) in [6.45, 7) is 1.35. The summed E-state index contributed by atoms with van der Waals surface area (Å²) in [7, 11) is 0. The summed E-state index contributed by atoms with van der Waals surface area (Å²) in [6, 6.07) is 3.15. The van der Waals surface area contributed by atoms with E-state index in [4.69, 9.17) is 4.98 Å². The third-order valence-corrected chi connectivity index (χ3v) is 8.63. The molecule has 2 atom stereocenters. The number of halogens is 2. The molecule has 4 aliphatic rings. The fourth-order valence-corrected chi connectivity index (χ4v) is 6.08. The molecule has 38 heavy (non-hydrogen) atoms. The minimum absolute atomic E-state index is 0.0799. The molecule has 2 aliphatic carbocycles. The van der Waals surface area contributed by atoms with Crippen molar-refractivity contribution in [1.82, 2.24) is 19.9 Å². The van der Waals surface area contributed by atoms with Crippen LogP contribution < -0.4 is 5.32 Å². The second kappa shape index (κ2) is 10.5. The number of unbranched alkanes of at least 4 members (excludes halogenated alkanes) is 1. The number of hydrogen-bond donors (Lipinski definition) is 2. The second-order valence-electron chi connectivity index (χ2n) is 11.6. The molecule has 4 heterocycles. The number of nitrogens with one attached hydrogen (secondary N) is 1. The number of alkyl halides is 2. The number of carboxylic acid groups (broad SMARTS) is 1. The first-order valence-electron chi connectivity index (χ1n) is 14.3. The number of likely N-dealkylation sites (tertiary alicyclic amines) is 1. The van der Waals surface area contributed by atoms with E-state index < -0.39 is 23.9 Å². The van der Waals surface area contributed by atoms with Gasteiger partial charge in [-0.1, -0.05) is 6.07 Å². The Bertz CT molecular complexity index is 1180. The van der Waals surface area contributed by atoms with Crippen molar-refractivity contribution in [1.29, 1.82) is 0 Å². The highest BCUT2D eigenvalue weighted by atomic mass is 19.3. The lowest BCUT2D eigenvalue weighted by Gasteiger charge is -2.28. The van der Waals surface area contributed by atoms with Crippen LogP contribution in [0, 0.1) is 5.92 Å². The molecule has 0 bridgehead atoms. The van der Waals surface area contributed by atoms with Crippen molar-refractivity contribution in [2.45, 2.75) is 94.4 Å². The molecule has 0 aromatic carbocycles. The maximum Gasteiger partial charge on any atom is 0.325 e. The molecule has 9 heteroatoms. The molecule has 0 amide bonds. The van der Waals surface area contributed by atoms with Crippen LogP contribution in [0.15, 0.2) is 18.3 Å². The molecule has 3 fully saturated rings. The van der Waals surface area contributed by atoms with Crippen LogP contribution in [0.1, 0.15) is 104 Å². The molecule has 0 radical (unpaired) electrons. The van der Waals surface area contributed by atoms with Gasteiger partial charge < -0.3 is 10.4 Å². The lowest BCUT2D eigenvalue weighted by Crippen LogP contribution is -2.36. The fourth-order valence-electron chi connectivity index (χ4n) is 6.08. The van der Waals surface area contributed by atoms with Crippen molar-refractivity contribution in [3.63, 3.8) is 0 Å². The van der Waals surface area contributed by atoms with Crippen molar-refractivity contribution in [3.8, 4) is 0 Å². The summed E-state index contributed by atoms with van der Waals surface area (Å²) in [4.78, 5) is 28.1. The van der Waals surface area contributed by atoms with Crippen LogP contribution in [0.2, 0.25) is 0 Å². The number of carboxylic acids is 1. The van der Waals surface area contributed by atoms with Crippen molar-refractivity contribution < 1.29 is 18.7 Å². The number of aliphatic carboxylic acids is 1. The molecule has 1 saturated heterocycles. The van der Waals surface area contributed by atoms with E-state index in [1.165, 1.54) is 5.56 Å². The predicted octanol–water partition coefficient (Wildman–Crippen LogP) is 5.48. The Morgan fingerprint density at radius 1 is 1.13 bits per heavy atom. The zero-order chi connectivity index (χ0) is 26.3. The summed E-state index contributed by atoms with van der Waals surface area (Å²) in [5, 5.41) is 13.5. The van der Waals surface area contributed by atoms with Gasteiger partial charge >= 0.3 is 5.97 Å². The van der Waals surface area contributed by atoms with E-state index >= 15 is 8.78 Å². The zero-order valence-electron chi connectivity index (χ0n) is 21.8. The van der Waals surface area contributed by atoms with Gasteiger partial charge in [0.25, 0.3) is 5.92 Å². The average Bonchev–Trinajstić information content (AvgIpc) is 3.85. The topological polar surface area (TPSA) is 91.2 Å². The lowest BCUT2D eigenvalue weighted by atomic mass is 9.95. The Balaban J connectivity index is 1.06. The van der Waals surface area contributed by atoms with Gasteiger partial charge in [-0.25, -0.2) is 23.7 Å². The van der Waals surface area contributed by atoms with Gasteiger partial charge in [0.15, 0.2) is 0 Å². The molecule has 7 nitrogen and oxygen atoms in total. The Morgan fingerprint density at radius 2 is 1.95 bits per heavy atom. The van der Waals surface area contributed by atoms with Crippen molar-refractivity contribution in [2.75, 3.05) is 25.0 Å². The average molecular weight is 526 g/mol. The van der Waals surface area contributed by atoms with Crippen LogP contribution in [-0.4, -0.2) is 56.5 Å². The van der Waals surface area contributed by atoms with Crippen molar-refractivity contribution in [2.24, 2.45) is 5.92 Å². The van der Waals surface area contributed by atoms with E-state index in [1.54, 1.807) is 11.1 Å². The molecule has 204 valence electrons. The maximum absolute atomic E-state index is 15.3. The molecule has 2 aromatic heterocycles. The van der Waals surface area contributed by atoms with E-state index in [0.29, 0.717) is 43.7 Å². The summed E-state index contributed by atoms with van der Waals surface area (Å²) in [6.07, 6.45) is 9.84. The number of nitrogens with zero attached hydrogens (tertiary/aromatic N) is 4. The van der Waals surface area contributed by atoms with E-state index in [9.17, 15) is 9.90 Å². The third kappa shape index (κ3) is 5.53.